The number of pyridine rings is 1. The Morgan fingerprint density at radius 2 is 2.20 bits per heavy atom. The molecule has 1 heterocycles. The normalized spacial score (nSPS) is 10.2. The molecule has 2 rings (SSSR count). The largest absolute Gasteiger partial charge is 0.352 e. The Hall–Kier alpha value is -1.90. The first kappa shape index (κ1) is 9.65. The molecule has 0 aliphatic carbocycles. The zero-order valence-electron chi connectivity index (χ0n) is 8.53. The van der Waals surface area contributed by atoms with E-state index in [1.54, 1.807) is 6.20 Å². The fourth-order valence-electron chi connectivity index (χ4n) is 1.46. The molecule has 2 aromatic rings. The summed E-state index contributed by atoms with van der Waals surface area (Å²) < 4.78 is 0. The smallest absolute Gasteiger partial charge is 0.252 e. The lowest BCUT2D eigenvalue weighted by Crippen LogP contribution is -2.22. The first-order valence-electron chi connectivity index (χ1n) is 4.94. The number of carbonyl (C=O) groups excluding carboxylic acids is 1. The van der Waals surface area contributed by atoms with E-state index in [1.807, 2.05) is 37.3 Å². The van der Waals surface area contributed by atoms with Gasteiger partial charge in [0.1, 0.15) is 0 Å². The number of aromatic nitrogens is 1. The Morgan fingerprint density at radius 3 is 3.00 bits per heavy atom. The number of nitrogens with one attached hydrogen (secondary N) is 1. The maximum atomic E-state index is 11.5. The molecule has 0 spiro atoms. The van der Waals surface area contributed by atoms with E-state index in [-0.39, 0.29) is 5.91 Å². The molecular weight excluding hydrogens is 188 g/mol. The van der Waals surface area contributed by atoms with E-state index in [0.717, 1.165) is 10.9 Å². The van der Waals surface area contributed by atoms with Crippen LogP contribution < -0.4 is 5.32 Å². The van der Waals surface area contributed by atoms with Crippen LogP contribution in [0, 0.1) is 0 Å². The van der Waals surface area contributed by atoms with Gasteiger partial charge in [0.2, 0.25) is 0 Å². The Labute approximate surface area is 88.1 Å². The van der Waals surface area contributed by atoms with Crippen LogP contribution in [0.5, 0.6) is 0 Å². The summed E-state index contributed by atoms with van der Waals surface area (Å²) in [6.07, 6.45) is 1.60. The number of benzene rings is 1. The number of para-hydroxylation sites is 1. The topological polar surface area (TPSA) is 42.0 Å². The van der Waals surface area contributed by atoms with E-state index in [1.165, 1.54) is 0 Å². The van der Waals surface area contributed by atoms with Gasteiger partial charge in [-0.1, -0.05) is 18.2 Å². The third-order valence-electron chi connectivity index (χ3n) is 2.19. The Kier molecular flexibility index (Phi) is 2.63. The molecular formula is C12H12N2O. The van der Waals surface area contributed by atoms with Gasteiger partial charge >= 0.3 is 0 Å². The van der Waals surface area contributed by atoms with Gasteiger partial charge in [0.05, 0.1) is 11.1 Å². The minimum Gasteiger partial charge on any atom is -0.352 e. The fraction of sp³-hybridized carbons (Fsp3) is 0.167. The Bertz CT molecular complexity index is 494. The van der Waals surface area contributed by atoms with Crippen molar-refractivity contribution in [3.05, 3.63) is 42.1 Å². The van der Waals surface area contributed by atoms with Crippen molar-refractivity contribution in [2.45, 2.75) is 6.92 Å². The van der Waals surface area contributed by atoms with E-state index >= 15 is 0 Å². The minimum absolute atomic E-state index is 0.0734. The van der Waals surface area contributed by atoms with Gasteiger partial charge in [-0.3, -0.25) is 9.78 Å². The van der Waals surface area contributed by atoms with Gasteiger partial charge < -0.3 is 5.32 Å². The zero-order chi connectivity index (χ0) is 10.7. The van der Waals surface area contributed by atoms with Crippen molar-refractivity contribution in [2.75, 3.05) is 6.54 Å². The second-order valence-electron chi connectivity index (χ2n) is 3.28. The highest BCUT2D eigenvalue weighted by atomic mass is 16.1. The van der Waals surface area contributed by atoms with Crippen LogP contribution in [0.15, 0.2) is 36.5 Å². The zero-order valence-corrected chi connectivity index (χ0v) is 8.53. The highest BCUT2D eigenvalue weighted by molar-refractivity contribution is 5.97. The number of hydrogen-bond acceptors (Lipinski definition) is 2. The molecule has 0 bridgehead atoms. The number of hydrogen-bond donors (Lipinski definition) is 1. The van der Waals surface area contributed by atoms with Crippen molar-refractivity contribution < 1.29 is 4.79 Å². The molecule has 3 heteroatoms. The van der Waals surface area contributed by atoms with Crippen molar-refractivity contribution in [3.63, 3.8) is 0 Å². The molecule has 0 radical (unpaired) electrons. The highest BCUT2D eigenvalue weighted by Crippen LogP contribution is 2.12. The van der Waals surface area contributed by atoms with Gasteiger partial charge in [-0.25, -0.2) is 0 Å². The molecule has 1 N–H and O–H groups in total. The van der Waals surface area contributed by atoms with E-state index in [9.17, 15) is 4.79 Å². The first-order chi connectivity index (χ1) is 7.31. The number of fused-ring (bicyclic) bond motifs is 1. The standard InChI is InChI=1S/C12H12N2O/c1-2-13-12(15)10-7-9-5-3-4-6-11(9)14-8-10/h3-8H,2H2,1H3,(H,13,15). The maximum Gasteiger partial charge on any atom is 0.252 e. The SMILES string of the molecule is CCNC(=O)c1cnc2ccccc2c1. The van der Waals surface area contributed by atoms with Gasteiger partial charge in [0.25, 0.3) is 5.91 Å². The van der Waals surface area contributed by atoms with Crippen molar-refractivity contribution in [1.82, 2.24) is 10.3 Å². The fourth-order valence-corrected chi connectivity index (χ4v) is 1.46. The number of nitrogens with zero attached hydrogens (tertiary/aromatic N) is 1. The summed E-state index contributed by atoms with van der Waals surface area (Å²) in [6, 6.07) is 9.60. The summed E-state index contributed by atoms with van der Waals surface area (Å²) in [4.78, 5) is 15.8. The highest BCUT2D eigenvalue weighted by Gasteiger charge is 2.04. The maximum absolute atomic E-state index is 11.5. The average molecular weight is 200 g/mol. The predicted octanol–water partition coefficient (Wildman–Crippen LogP) is 1.98. The lowest BCUT2D eigenvalue weighted by molar-refractivity contribution is 0.0955. The molecule has 76 valence electrons. The molecule has 15 heavy (non-hydrogen) atoms. The van der Waals surface area contributed by atoms with Crippen LogP contribution in [-0.4, -0.2) is 17.4 Å². The van der Waals surface area contributed by atoms with Gasteiger partial charge in [-0.05, 0) is 19.1 Å². The molecule has 0 aliphatic heterocycles. The average Bonchev–Trinajstić information content (AvgIpc) is 2.29. The molecule has 0 atom stereocenters. The van der Waals surface area contributed by atoms with E-state index < -0.39 is 0 Å². The van der Waals surface area contributed by atoms with Crippen LogP contribution in [0.3, 0.4) is 0 Å². The van der Waals surface area contributed by atoms with E-state index in [2.05, 4.69) is 10.3 Å². The van der Waals surface area contributed by atoms with Crippen LogP contribution in [0.2, 0.25) is 0 Å². The first-order valence-corrected chi connectivity index (χ1v) is 4.94. The van der Waals surface area contributed by atoms with Crippen molar-refractivity contribution in [1.29, 1.82) is 0 Å². The van der Waals surface area contributed by atoms with Crippen LogP contribution in [0.4, 0.5) is 0 Å². The molecule has 1 amide bonds. The van der Waals surface area contributed by atoms with Gasteiger partial charge in [0, 0.05) is 18.1 Å². The van der Waals surface area contributed by atoms with E-state index in [4.69, 9.17) is 0 Å². The van der Waals surface area contributed by atoms with Gasteiger partial charge in [-0.2, -0.15) is 0 Å². The van der Waals surface area contributed by atoms with Gasteiger partial charge in [0.15, 0.2) is 0 Å². The molecule has 3 nitrogen and oxygen atoms in total. The second-order valence-corrected chi connectivity index (χ2v) is 3.28. The summed E-state index contributed by atoms with van der Waals surface area (Å²) in [5.74, 6) is -0.0734. The van der Waals surface area contributed by atoms with Gasteiger partial charge in [-0.15, -0.1) is 0 Å². The number of rotatable bonds is 2. The Morgan fingerprint density at radius 1 is 1.40 bits per heavy atom. The number of amides is 1. The third kappa shape index (κ3) is 1.96. The third-order valence-corrected chi connectivity index (χ3v) is 2.19. The van der Waals surface area contributed by atoms with Crippen LogP contribution in [-0.2, 0) is 0 Å². The van der Waals surface area contributed by atoms with E-state index in [0.29, 0.717) is 12.1 Å². The van der Waals surface area contributed by atoms with Crippen molar-refractivity contribution in [3.8, 4) is 0 Å². The summed E-state index contributed by atoms with van der Waals surface area (Å²) in [6.45, 7) is 2.53. The molecule has 0 saturated heterocycles. The number of carbonyl (C=O) groups is 1. The molecule has 1 aromatic heterocycles. The van der Waals surface area contributed by atoms with Crippen LogP contribution in [0.25, 0.3) is 10.9 Å². The predicted molar refractivity (Wildman–Crippen MR) is 59.8 cm³/mol. The van der Waals surface area contributed by atoms with Crippen LogP contribution in [0.1, 0.15) is 17.3 Å². The monoisotopic (exact) mass is 200 g/mol. The molecule has 0 saturated carbocycles. The second kappa shape index (κ2) is 4.09. The minimum atomic E-state index is -0.0734. The molecule has 0 fully saturated rings. The quantitative estimate of drug-likeness (QED) is 0.805. The lowest BCUT2D eigenvalue weighted by Gasteiger charge is -2.02. The molecule has 0 aliphatic rings. The van der Waals surface area contributed by atoms with Crippen molar-refractivity contribution >= 4 is 16.8 Å². The van der Waals surface area contributed by atoms with Crippen molar-refractivity contribution in [2.24, 2.45) is 0 Å². The molecule has 0 unspecified atom stereocenters. The summed E-state index contributed by atoms with van der Waals surface area (Å²) in [7, 11) is 0. The molecule has 1 aromatic carbocycles. The lowest BCUT2D eigenvalue weighted by atomic mass is 10.1. The summed E-state index contributed by atoms with van der Waals surface area (Å²) in [5, 5.41) is 3.73. The summed E-state index contributed by atoms with van der Waals surface area (Å²) in [5.41, 5.74) is 1.51. The Balaban J connectivity index is 2.42. The summed E-state index contributed by atoms with van der Waals surface area (Å²) >= 11 is 0. The van der Waals surface area contributed by atoms with Crippen LogP contribution >= 0.6 is 0 Å².